The molecule has 0 aliphatic carbocycles. The third kappa shape index (κ3) is 3.88. The van der Waals surface area contributed by atoms with Crippen LogP contribution in [0.4, 0.5) is 10.6 Å². The minimum atomic E-state index is -0.199. The number of amides is 1. The first-order chi connectivity index (χ1) is 13.6. The van der Waals surface area contributed by atoms with Crippen LogP contribution in [0.5, 0.6) is 0 Å². The zero-order chi connectivity index (χ0) is 19.5. The third-order valence-electron chi connectivity index (χ3n) is 5.63. The number of pyridine rings is 1. The van der Waals surface area contributed by atoms with Crippen molar-refractivity contribution in [3.05, 3.63) is 65.9 Å². The number of anilines is 1. The van der Waals surface area contributed by atoms with Crippen molar-refractivity contribution in [1.29, 1.82) is 0 Å². The van der Waals surface area contributed by atoms with Crippen molar-refractivity contribution < 1.29 is 9.53 Å². The SMILES string of the molecule is CN(C)c1ccc(C2=CC3CCCC(C2)N3C(=O)OCc2ccccc2)cn1. The van der Waals surface area contributed by atoms with Crippen molar-refractivity contribution in [2.45, 2.75) is 44.4 Å². The van der Waals surface area contributed by atoms with E-state index in [0.29, 0.717) is 6.61 Å². The van der Waals surface area contributed by atoms with Crippen molar-refractivity contribution in [2.75, 3.05) is 19.0 Å². The number of benzene rings is 1. The number of carbonyl (C=O) groups excluding carboxylic acids is 1. The number of piperidine rings is 1. The first-order valence-corrected chi connectivity index (χ1v) is 9.95. The molecule has 2 aromatic rings. The molecule has 0 saturated carbocycles. The number of carbonyl (C=O) groups is 1. The predicted octanol–water partition coefficient (Wildman–Crippen LogP) is 4.49. The fourth-order valence-corrected chi connectivity index (χ4v) is 4.16. The van der Waals surface area contributed by atoms with Crippen LogP contribution in [0, 0.1) is 0 Å². The molecule has 5 nitrogen and oxygen atoms in total. The quantitative estimate of drug-likeness (QED) is 0.787. The average molecular weight is 377 g/mol. The summed E-state index contributed by atoms with van der Waals surface area (Å²) in [5.74, 6) is 0.950. The van der Waals surface area contributed by atoms with Crippen molar-refractivity contribution in [3.63, 3.8) is 0 Å². The van der Waals surface area contributed by atoms with E-state index in [1.165, 1.54) is 5.57 Å². The van der Waals surface area contributed by atoms with Gasteiger partial charge in [-0.15, -0.1) is 0 Å². The van der Waals surface area contributed by atoms with Crippen LogP contribution in [-0.4, -0.2) is 42.2 Å². The topological polar surface area (TPSA) is 45.7 Å². The van der Waals surface area contributed by atoms with Gasteiger partial charge in [0.25, 0.3) is 0 Å². The van der Waals surface area contributed by atoms with E-state index in [-0.39, 0.29) is 18.2 Å². The average Bonchev–Trinajstić information content (AvgIpc) is 2.72. The second-order valence-corrected chi connectivity index (χ2v) is 7.80. The molecule has 28 heavy (non-hydrogen) atoms. The summed E-state index contributed by atoms with van der Waals surface area (Å²) < 4.78 is 5.63. The summed E-state index contributed by atoms with van der Waals surface area (Å²) in [6.45, 7) is 0.322. The second-order valence-electron chi connectivity index (χ2n) is 7.80. The molecular formula is C23H27N3O2. The van der Waals surface area contributed by atoms with Crippen LogP contribution in [0.25, 0.3) is 5.57 Å². The first kappa shape index (κ1) is 18.5. The third-order valence-corrected chi connectivity index (χ3v) is 5.63. The normalized spacial score (nSPS) is 21.1. The number of rotatable bonds is 4. The predicted molar refractivity (Wildman–Crippen MR) is 111 cm³/mol. The standard InChI is InChI=1S/C23H27N3O2/c1-25(2)22-12-11-18(15-24-22)19-13-20-9-6-10-21(14-19)26(20)23(27)28-16-17-7-4-3-5-8-17/h3-5,7-8,11-13,15,20-21H,6,9-10,14,16H2,1-2H3. The van der Waals surface area contributed by atoms with Gasteiger partial charge in [-0.3, -0.25) is 4.90 Å². The first-order valence-electron chi connectivity index (χ1n) is 9.95. The van der Waals surface area contributed by atoms with Gasteiger partial charge in [0.1, 0.15) is 12.4 Å². The lowest BCUT2D eigenvalue weighted by molar-refractivity contribution is 0.0510. The van der Waals surface area contributed by atoms with E-state index in [4.69, 9.17) is 4.74 Å². The van der Waals surface area contributed by atoms with Gasteiger partial charge in [-0.1, -0.05) is 36.4 Å². The van der Waals surface area contributed by atoms with Crippen LogP contribution < -0.4 is 4.90 Å². The van der Waals surface area contributed by atoms with Crippen molar-refractivity contribution in [2.24, 2.45) is 0 Å². The summed E-state index contributed by atoms with van der Waals surface area (Å²) in [7, 11) is 3.98. The van der Waals surface area contributed by atoms with Crippen molar-refractivity contribution >= 4 is 17.5 Å². The Bertz CT molecular complexity index is 846. The van der Waals surface area contributed by atoms with E-state index < -0.39 is 0 Å². The van der Waals surface area contributed by atoms with E-state index in [9.17, 15) is 4.79 Å². The molecule has 2 aliphatic heterocycles. The summed E-state index contributed by atoms with van der Waals surface area (Å²) in [6, 6.07) is 14.3. The van der Waals surface area contributed by atoms with Crippen LogP contribution in [0.1, 0.15) is 36.8 Å². The Hall–Kier alpha value is -2.82. The zero-order valence-electron chi connectivity index (χ0n) is 16.5. The minimum Gasteiger partial charge on any atom is -0.445 e. The highest BCUT2D eigenvalue weighted by Crippen LogP contribution is 2.37. The van der Waals surface area contributed by atoms with E-state index in [1.807, 2.05) is 66.5 Å². The van der Waals surface area contributed by atoms with Gasteiger partial charge in [0.15, 0.2) is 0 Å². The number of hydrogen-bond acceptors (Lipinski definition) is 4. The molecule has 0 radical (unpaired) electrons. The van der Waals surface area contributed by atoms with Crippen molar-refractivity contribution in [3.8, 4) is 0 Å². The molecular weight excluding hydrogens is 350 g/mol. The summed E-state index contributed by atoms with van der Waals surface area (Å²) in [5, 5.41) is 0. The molecule has 5 heteroatoms. The molecule has 2 bridgehead atoms. The Labute approximate surface area is 166 Å². The maximum atomic E-state index is 12.8. The van der Waals surface area contributed by atoms with Gasteiger partial charge in [-0.2, -0.15) is 0 Å². The molecule has 0 spiro atoms. The van der Waals surface area contributed by atoms with Crippen LogP contribution in [0.2, 0.25) is 0 Å². The number of hydrogen-bond donors (Lipinski definition) is 0. The molecule has 1 aromatic heterocycles. The lowest BCUT2D eigenvalue weighted by Crippen LogP contribution is -2.51. The Balaban J connectivity index is 1.48. The highest BCUT2D eigenvalue weighted by molar-refractivity contribution is 5.74. The summed E-state index contributed by atoms with van der Waals surface area (Å²) >= 11 is 0. The van der Waals surface area contributed by atoms with E-state index in [2.05, 4.69) is 17.1 Å². The van der Waals surface area contributed by atoms with E-state index in [1.54, 1.807) is 0 Å². The smallest absolute Gasteiger partial charge is 0.410 e. The molecule has 3 heterocycles. The van der Waals surface area contributed by atoms with Crippen LogP contribution in [0.3, 0.4) is 0 Å². The van der Waals surface area contributed by atoms with E-state index >= 15 is 0 Å². The largest absolute Gasteiger partial charge is 0.445 e. The van der Waals surface area contributed by atoms with Crippen molar-refractivity contribution in [1.82, 2.24) is 9.88 Å². The Morgan fingerprint density at radius 1 is 1.18 bits per heavy atom. The molecule has 1 fully saturated rings. The Morgan fingerprint density at radius 2 is 2.00 bits per heavy atom. The van der Waals surface area contributed by atoms with Gasteiger partial charge in [0, 0.05) is 26.3 Å². The zero-order valence-corrected chi connectivity index (χ0v) is 16.5. The minimum absolute atomic E-state index is 0.110. The van der Waals surface area contributed by atoms with Gasteiger partial charge in [0.2, 0.25) is 0 Å². The molecule has 2 unspecified atom stereocenters. The number of fused-ring (bicyclic) bond motifs is 2. The van der Waals surface area contributed by atoms with Gasteiger partial charge < -0.3 is 9.64 Å². The molecule has 2 aliphatic rings. The number of nitrogens with zero attached hydrogens (tertiary/aromatic N) is 3. The molecule has 1 aromatic carbocycles. The maximum absolute atomic E-state index is 12.8. The Kier molecular flexibility index (Phi) is 5.33. The Morgan fingerprint density at radius 3 is 2.68 bits per heavy atom. The van der Waals surface area contributed by atoms with Gasteiger partial charge >= 0.3 is 6.09 Å². The fraction of sp³-hybridized carbons (Fsp3) is 0.391. The van der Waals surface area contributed by atoms with Crippen LogP contribution >= 0.6 is 0 Å². The summed E-state index contributed by atoms with van der Waals surface area (Å²) in [4.78, 5) is 21.3. The molecule has 2 atom stereocenters. The highest BCUT2D eigenvalue weighted by atomic mass is 16.6. The van der Waals surface area contributed by atoms with E-state index in [0.717, 1.165) is 42.6 Å². The lowest BCUT2D eigenvalue weighted by Gasteiger charge is -2.44. The number of ether oxygens (including phenoxy) is 1. The molecule has 4 rings (SSSR count). The summed E-state index contributed by atoms with van der Waals surface area (Å²) in [5.41, 5.74) is 3.46. The highest BCUT2D eigenvalue weighted by Gasteiger charge is 2.38. The molecule has 0 N–H and O–H groups in total. The monoisotopic (exact) mass is 377 g/mol. The summed E-state index contributed by atoms with van der Waals surface area (Å²) in [6.07, 6.45) is 8.02. The van der Waals surface area contributed by atoms with Crippen LogP contribution in [0.15, 0.2) is 54.7 Å². The molecule has 1 saturated heterocycles. The van der Waals surface area contributed by atoms with Crippen LogP contribution in [-0.2, 0) is 11.3 Å². The van der Waals surface area contributed by atoms with Gasteiger partial charge in [-0.25, -0.2) is 9.78 Å². The lowest BCUT2D eigenvalue weighted by atomic mass is 9.83. The fourth-order valence-electron chi connectivity index (χ4n) is 4.16. The maximum Gasteiger partial charge on any atom is 0.410 e. The molecule has 1 amide bonds. The van der Waals surface area contributed by atoms with Gasteiger partial charge in [0.05, 0.1) is 6.04 Å². The number of aromatic nitrogens is 1. The second kappa shape index (κ2) is 8.05. The van der Waals surface area contributed by atoms with Gasteiger partial charge in [-0.05, 0) is 54.5 Å². The molecule has 146 valence electrons.